The molecule has 3 aromatic rings. The Kier molecular flexibility index (Phi) is 2.71. The number of aromatic amines is 1. The molecule has 0 aliphatic carbocycles. The molecule has 98 valence electrons. The van der Waals surface area contributed by atoms with Crippen LogP contribution in [-0.2, 0) is 6.42 Å². The van der Waals surface area contributed by atoms with Crippen LogP contribution in [0.4, 0.5) is 5.82 Å². The molecular formula is C13H14ClN5. The Morgan fingerprint density at radius 1 is 1.42 bits per heavy atom. The van der Waals surface area contributed by atoms with Crippen LogP contribution in [0.1, 0.15) is 18.2 Å². The SMILES string of the molecule is CCc1nn(-c2ccc(C)c(Cl)c2)c2n[nH]c(N)c12. The van der Waals surface area contributed by atoms with Crippen molar-refractivity contribution in [1.82, 2.24) is 20.0 Å². The maximum Gasteiger partial charge on any atom is 0.186 e. The lowest BCUT2D eigenvalue weighted by molar-refractivity contribution is 0.844. The largest absolute Gasteiger partial charge is 0.383 e. The number of H-pyrrole nitrogens is 1. The van der Waals surface area contributed by atoms with Crippen LogP contribution in [0.5, 0.6) is 0 Å². The summed E-state index contributed by atoms with van der Waals surface area (Å²) in [5.41, 5.74) is 9.47. The topological polar surface area (TPSA) is 72.5 Å². The number of nitrogens with zero attached hydrogens (tertiary/aromatic N) is 3. The normalized spacial score (nSPS) is 11.3. The van der Waals surface area contributed by atoms with Gasteiger partial charge in [-0.25, -0.2) is 4.68 Å². The Morgan fingerprint density at radius 2 is 2.21 bits per heavy atom. The highest BCUT2D eigenvalue weighted by atomic mass is 35.5. The fourth-order valence-corrected chi connectivity index (χ4v) is 2.32. The van der Waals surface area contributed by atoms with E-state index >= 15 is 0 Å². The number of hydrogen-bond donors (Lipinski definition) is 2. The number of anilines is 1. The highest BCUT2D eigenvalue weighted by Gasteiger charge is 2.16. The molecule has 3 N–H and O–H groups in total. The highest BCUT2D eigenvalue weighted by molar-refractivity contribution is 6.31. The fourth-order valence-electron chi connectivity index (χ4n) is 2.14. The van der Waals surface area contributed by atoms with Crippen molar-refractivity contribution >= 4 is 28.5 Å². The van der Waals surface area contributed by atoms with E-state index < -0.39 is 0 Å². The predicted octanol–water partition coefficient (Wildman–Crippen LogP) is 2.86. The van der Waals surface area contributed by atoms with E-state index in [4.69, 9.17) is 17.3 Å². The number of nitrogen functional groups attached to an aromatic ring is 1. The Hall–Kier alpha value is -2.01. The first kappa shape index (κ1) is 12.0. The van der Waals surface area contributed by atoms with Crippen LogP contribution in [0.15, 0.2) is 18.2 Å². The molecule has 6 heteroatoms. The summed E-state index contributed by atoms with van der Waals surface area (Å²) in [5, 5.41) is 13.2. The second-order valence-corrected chi connectivity index (χ2v) is 4.89. The molecule has 0 saturated carbocycles. The van der Waals surface area contributed by atoms with Gasteiger partial charge in [-0.3, -0.25) is 5.10 Å². The highest BCUT2D eigenvalue weighted by Crippen LogP contribution is 2.27. The lowest BCUT2D eigenvalue weighted by Gasteiger charge is -2.04. The van der Waals surface area contributed by atoms with Gasteiger partial charge in [-0.1, -0.05) is 24.6 Å². The van der Waals surface area contributed by atoms with Gasteiger partial charge in [0.2, 0.25) is 0 Å². The molecule has 0 unspecified atom stereocenters. The summed E-state index contributed by atoms with van der Waals surface area (Å²) in [6.45, 7) is 4.01. The van der Waals surface area contributed by atoms with E-state index in [1.807, 2.05) is 32.0 Å². The van der Waals surface area contributed by atoms with E-state index in [0.29, 0.717) is 10.8 Å². The van der Waals surface area contributed by atoms with Gasteiger partial charge in [-0.2, -0.15) is 10.2 Å². The first-order chi connectivity index (χ1) is 9.11. The molecule has 0 bridgehead atoms. The Labute approximate surface area is 115 Å². The molecular weight excluding hydrogens is 262 g/mol. The Bertz CT molecular complexity index is 756. The molecule has 2 heterocycles. The average Bonchev–Trinajstić information content (AvgIpc) is 2.94. The minimum Gasteiger partial charge on any atom is -0.383 e. The molecule has 0 radical (unpaired) electrons. The van der Waals surface area contributed by atoms with Crippen LogP contribution in [0.25, 0.3) is 16.7 Å². The first-order valence-corrected chi connectivity index (χ1v) is 6.47. The standard InChI is InChI=1S/C13H14ClN5/c1-3-10-11-12(15)16-17-13(11)19(18-10)8-5-4-7(2)9(14)6-8/h4-6H,3H2,1-2H3,(H3,15,16,17). The maximum atomic E-state index is 6.17. The number of rotatable bonds is 2. The van der Waals surface area contributed by atoms with E-state index in [1.54, 1.807) is 4.68 Å². The van der Waals surface area contributed by atoms with E-state index in [2.05, 4.69) is 15.3 Å². The lowest BCUT2D eigenvalue weighted by Crippen LogP contribution is -1.99. The Morgan fingerprint density at radius 3 is 2.89 bits per heavy atom. The van der Waals surface area contributed by atoms with Gasteiger partial charge in [-0.05, 0) is 31.0 Å². The van der Waals surface area contributed by atoms with Crippen LogP contribution in [0.2, 0.25) is 5.02 Å². The number of benzene rings is 1. The second kappa shape index (κ2) is 4.28. The molecule has 0 aliphatic rings. The number of hydrogen-bond acceptors (Lipinski definition) is 3. The van der Waals surface area contributed by atoms with Gasteiger partial charge >= 0.3 is 0 Å². The molecule has 0 aliphatic heterocycles. The molecule has 3 rings (SSSR count). The van der Waals surface area contributed by atoms with Crippen LogP contribution in [-0.4, -0.2) is 20.0 Å². The summed E-state index contributed by atoms with van der Waals surface area (Å²) in [5.74, 6) is 0.552. The number of nitrogens with two attached hydrogens (primary N) is 1. The summed E-state index contributed by atoms with van der Waals surface area (Å²) in [6, 6.07) is 5.82. The molecule has 0 atom stereocenters. The number of nitrogens with one attached hydrogen (secondary N) is 1. The van der Waals surface area contributed by atoms with Crippen molar-refractivity contribution < 1.29 is 0 Å². The summed E-state index contributed by atoms with van der Waals surface area (Å²) in [7, 11) is 0. The molecule has 5 nitrogen and oxygen atoms in total. The third-order valence-electron chi connectivity index (χ3n) is 3.22. The van der Waals surface area contributed by atoms with Gasteiger partial charge in [0, 0.05) is 5.02 Å². The van der Waals surface area contributed by atoms with E-state index in [-0.39, 0.29) is 0 Å². The van der Waals surface area contributed by atoms with Crippen molar-refractivity contribution in [1.29, 1.82) is 0 Å². The minimum atomic E-state index is 0.552. The minimum absolute atomic E-state index is 0.552. The smallest absolute Gasteiger partial charge is 0.186 e. The van der Waals surface area contributed by atoms with Gasteiger partial charge < -0.3 is 5.73 Å². The number of halogens is 1. The summed E-state index contributed by atoms with van der Waals surface area (Å²) in [4.78, 5) is 0. The maximum absolute atomic E-state index is 6.17. The molecule has 0 amide bonds. The molecule has 2 aromatic heterocycles. The third-order valence-corrected chi connectivity index (χ3v) is 3.63. The van der Waals surface area contributed by atoms with Crippen LogP contribution in [0, 0.1) is 6.92 Å². The van der Waals surface area contributed by atoms with Gasteiger partial charge in [0.1, 0.15) is 5.82 Å². The van der Waals surface area contributed by atoms with E-state index in [0.717, 1.165) is 34.4 Å². The zero-order valence-electron chi connectivity index (χ0n) is 10.7. The van der Waals surface area contributed by atoms with Crippen molar-refractivity contribution in [2.45, 2.75) is 20.3 Å². The average molecular weight is 276 g/mol. The van der Waals surface area contributed by atoms with Gasteiger partial charge in [0.15, 0.2) is 5.65 Å². The van der Waals surface area contributed by atoms with Crippen molar-refractivity contribution in [3.05, 3.63) is 34.5 Å². The van der Waals surface area contributed by atoms with Crippen molar-refractivity contribution in [3.63, 3.8) is 0 Å². The molecule has 0 spiro atoms. The van der Waals surface area contributed by atoms with Crippen LogP contribution >= 0.6 is 11.6 Å². The van der Waals surface area contributed by atoms with E-state index in [1.165, 1.54) is 0 Å². The third kappa shape index (κ3) is 1.77. The first-order valence-electron chi connectivity index (χ1n) is 6.09. The summed E-state index contributed by atoms with van der Waals surface area (Å²) < 4.78 is 1.77. The van der Waals surface area contributed by atoms with E-state index in [9.17, 15) is 0 Å². The number of fused-ring (bicyclic) bond motifs is 1. The molecule has 1 aromatic carbocycles. The summed E-state index contributed by atoms with van der Waals surface area (Å²) >= 11 is 6.17. The number of aromatic nitrogens is 4. The molecule has 19 heavy (non-hydrogen) atoms. The fraction of sp³-hybridized carbons (Fsp3) is 0.231. The van der Waals surface area contributed by atoms with Crippen molar-refractivity contribution in [2.75, 3.05) is 5.73 Å². The van der Waals surface area contributed by atoms with Gasteiger partial charge in [-0.15, -0.1) is 0 Å². The predicted molar refractivity (Wildman–Crippen MR) is 76.8 cm³/mol. The molecule has 0 saturated heterocycles. The van der Waals surface area contributed by atoms with Crippen molar-refractivity contribution in [3.8, 4) is 5.69 Å². The quantitative estimate of drug-likeness (QED) is 0.755. The summed E-state index contributed by atoms with van der Waals surface area (Å²) in [6.07, 6.45) is 0.798. The van der Waals surface area contributed by atoms with Gasteiger partial charge in [0.25, 0.3) is 0 Å². The Balaban J connectivity index is 2.27. The zero-order valence-corrected chi connectivity index (χ0v) is 11.5. The monoisotopic (exact) mass is 275 g/mol. The second-order valence-electron chi connectivity index (χ2n) is 4.48. The van der Waals surface area contributed by atoms with Crippen molar-refractivity contribution in [2.24, 2.45) is 0 Å². The zero-order chi connectivity index (χ0) is 13.6. The molecule has 0 fully saturated rings. The van der Waals surface area contributed by atoms with Crippen LogP contribution < -0.4 is 5.73 Å². The number of aryl methyl sites for hydroxylation is 2. The van der Waals surface area contributed by atoms with Gasteiger partial charge in [0.05, 0.1) is 16.8 Å². The van der Waals surface area contributed by atoms with Crippen LogP contribution in [0.3, 0.4) is 0 Å². The lowest BCUT2D eigenvalue weighted by atomic mass is 10.2.